The van der Waals surface area contributed by atoms with E-state index >= 15 is 0 Å². The summed E-state index contributed by atoms with van der Waals surface area (Å²) in [5, 5.41) is 8.99. The number of hydrogen-bond donors (Lipinski definition) is 1. The molecule has 2 rings (SSSR count). The molecule has 1 N–H and O–H groups in total. The summed E-state index contributed by atoms with van der Waals surface area (Å²) in [7, 11) is 0. The average molecular weight is 258 g/mol. The van der Waals surface area contributed by atoms with Gasteiger partial charge in [0.15, 0.2) is 0 Å². The van der Waals surface area contributed by atoms with Crippen LogP contribution in [0.2, 0.25) is 0 Å². The molecule has 5 heteroatoms. The Morgan fingerprint density at radius 3 is 2.68 bits per heavy atom. The van der Waals surface area contributed by atoms with Gasteiger partial charge in [0, 0.05) is 12.7 Å². The highest BCUT2D eigenvalue weighted by molar-refractivity contribution is 5.87. The normalized spacial score (nSPS) is 10.4. The molecule has 0 amide bonds. The van der Waals surface area contributed by atoms with E-state index in [1.807, 2.05) is 13.0 Å². The quantitative estimate of drug-likeness (QED) is 0.910. The summed E-state index contributed by atoms with van der Waals surface area (Å²) in [5.74, 6) is -1.21. The van der Waals surface area contributed by atoms with E-state index in [0.717, 1.165) is 6.42 Å². The minimum absolute atomic E-state index is 0.215. The topological polar surface area (TPSA) is 72.2 Å². The Labute approximate surface area is 110 Å². The van der Waals surface area contributed by atoms with Gasteiger partial charge in [-0.15, -0.1) is 0 Å². The maximum atomic E-state index is 12.1. The van der Waals surface area contributed by atoms with E-state index in [1.54, 1.807) is 24.4 Å². The van der Waals surface area contributed by atoms with E-state index in [-0.39, 0.29) is 5.56 Å². The molecule has 0 radical (unpaired) electrons. The van der Waals surface area contributed by atoms with Crippen LogP contribution in [0, 0.1) is 0 Å². The molecule has 0 aliphatic rings. The molecule has 2 aromatic rings. The first-order valence-corrected chi connectivity index (χ1v) is 6.03. The molecule has 0 aromatic carbocycles. The number of hydrogen-bond acceptors (Lipinski definition) is 3. The van der Waals surface area contributed by atoms with Crippen molar-refractivity contribution in [2.75, 3.05) is 0 Å². The number of carbonyl (C=O) groups is 1. The van der Waals surface area contributed by atoms with Crippen LogP contribution in [0.1, 0.15) is 23.7 Å². The number of aromatic nitrogens is 2. The Bertz CT molecular complexity index is 647. The Hall–Kier alpha value is -2.43. The Morgan fingerprint density at radius 1 is 1.32 bits per heavy atom. The van der Waals surface area contributed by atoms with Crippen molar-refractivity contribution in [1.82, 2.24) is 9.55 Å². The van der Waals surface area contributed by atoms with Crippen LogP contribution in [0.4, 0.5) is 0 Å². The predicted molar refractivity (Wildman–Crippen MR) is 71.2 cm³/mol. The molecule has 0 fully saturated rings. The summed E-state index contributed by atoms with van der Waals surface area (Å²) >= 11 is 0. The second-order valence-electron chi connectivity index (χ2n) is 4.11. The van der Waals surface area contributed by atoms with E-state index in [4.69, 9.17) is 5.11 Å². The number of aromatic carboxylic acids is 1. The SMILES string of the molecule is CCCn1c(-c2ccccn2)ccc(C(=O)O)c1=O. The van der Waals surface area contributed by atoms with Gasteiger partial charge in [-0.25, -0.2) is 4.79 Å². The molecular formula is C14H14N2O3. The lowest BCUT2D eigenvalue weighted by molar-refractivity contribution is 0.0694. The maximum Gasteiger partial charge on any atom is 0.341 e. The number of pyridine rings is 2. The largest absolute Gasteiger partial charge is 0.477 e. The highest BCUT2D eigenvalue weighted by Crippen LogP contribution is 2.15. The van der Waals surface area contributed by atoms with Crippen LogP contribution in [0.15, 0.2) is 41.3 Å². The highest BCUT2D eigenvalue weighted by atomic mass is 16.4. The lowest BCUT2D eigenvalue weighted by Crippen LogP contribution is -2.27. The van der Waals surface area contributed by atoms with E-state index < -0.39 is 11.5 Å². The minimum Gasteiger partial charge on any atom is -0.477 e. The summed E-state index contributed by atoms with van der Waals surface area (Å²) in [6.45, 7) is 2.40. The van der Waals surface area contributed by atoms with Crippen molar-refractivity contribution >= 4 is 5.97 Å². The van der Waals surface area contributed by atoms with Crippen molar-refractivity contribution in [3.05, 3.63) is 52.4 Å². The number of rotatable bonds is 4. The molecule has 0 spiro atoms. The van der Waals surface area contributed by atoms with E-state index in [2.05, 4.69) is 4.98 Å². The van der Waals surface area contributed by atoms with Gasteiger partial charge < -0.3 is 9.67 Å². The molecule has 0 bridgehead atoms. The van der Waals surface area contributed by atoms with E-state index in [0.29, 0.717) is 17.9 Å². The fraction of sp³-hybridized carbons (Fsp3) is 0.214. The first kappa shape index (κ1) is 13.0. The second-order valence-corrected chi connectivity index (χ2v) is 4.11. The van der Waals surface area contributed by atoms with Gasteiger partial charge in [-0.2, -0.15) is 0 Å². The number of carboxylic acid groups (broad SMARTS) is 1. The molecule has 0 saturated carbocycles. The maximum absolute atomic E-state index is 12.1. The first-order chi connectivity index (χ1) is 9.15. The summed E-state index contributed by atoms with van der Waals surface area (Å²) in [4.78, 5) is 27.3. The summed E-state index contributed by atoms with van der Waals surface area (Å²) in [6, 6.07) is 8.37. The van der Waals surface area contributed by atoms with Crippen LogP contribution >= 0.6 is 0 Å². The molecule has 2 aromatic heterocycles. The molecule has 19 heavy (non-hydrogen) atoms. The van der Waals surface area contributed by atoms with Crippen LogP contribution in [0.5, 0.6) is 0 Å². The smallest absolute Gasteiger partial charge is 0.341 e. The summed E-state index contributed by atoms with van der Waals surface area (Å²) in [6.07, 6.45) is 2.38. The Kier molecular flexibility index (Phi) is 3.75. The van der Waals surface area contributed by atoms with Crippen molar-refractivity contribution < 1.29 is 9.90 Å². The van der Waals surface area contributed by atoms with Gasteiger partial charge in [-0.1, -0.05) is 13.0 Å². The minimum atomic E-state index is -1.21. The predicted octanol–water partition coefficient (Wildman–Crippen LogP) is 2.02. The average Bonchev–Trinajstić information content (AvgIpc) is 2.41. The van der Waals surface area contributed by atoms with E-state index in [1.165, 1.54) is 10.6 Å². The number of carboxylic acids is 1. The van der Waals surface area contributed by atoms with Gasteiger partial charge in [0.1, 0.15) is 5.56 Å². The van der Waals surface area contributed by atoms with Crippen LogP contribution < -0.4 is 5.56 Å². The van der Waals surface area contributed by atoms with Crippen molar-refractivity contribution in [1.29, 1.82) is 0 Å². The zero-order valence-electron chi connectivity index (χ0n) is 10.5. The van der Waals surface area contributed by atoms with Crippen LogP contribution in [0.3, 0.4) is 0 Å². The van der Waals surface area contributed by atoms with E-state index in [9.17, 15) is 9.59 Å². The fourth-order valence-electron chi connectivity index (χ4n) is 1.92. The zero-order chi connectivity index (χ0) is 13.8. The van der Waals surface area contributed by atoms with Gasteiger partial charge in [0.05, 0.1) is 11.4 Å². The fourth-order valence-corrected chi connectivity index (χ4v) is 1.92. The third kappa shape index (κ3) is 2.54. The van der Waals surface area contributed by atoms with Crippen LogP contribution in [0.25, 0.3) is 11.4 Å². The van der Waals surface area contributed by atoms with Crippen LogP contribution in [-0.4, -0.2) is 20.6 Å². The lowest BCUT2D eigenvalue weighted by atomic mass is 10.2. The lowest BCUT2D eigenvalue weighted by Gasteiger charge is -2.12. The molecule has 5 nitrogen and oxygen atoms in total. The van der Waals surface area contributed by atoms with Gasteiger partial charge in [-0.3, -0.25) is 9.78 Å². The van der Waals surface area contributed by atoms with Gasteiger partial charge in [0.25, 0.3) is 5.56 Å². The third-order valence-electron chi connectivity index (χ3n) is 2.78. The molecule has 0 saturated heterocycles. The van der Waals surface area contributed by atoms with Crippen LogP contribution in [-0.2, 0) is 6.54 Å². The highest BCUT2D eigenvalue weighted by Gasteiger charge is 2.14. The standard InChI is InChI=1S/C14H14N2O3/c1-2-9-16-12(11-5-3-4-8-15-11)7-6-10(13(16)17)14(18)19/h3-8H,2,9H2,1H3,(H,18,19). The zero-order valence-corrected chi connectivity index (χ0v) is 10.5. The molecule has 98 valence electrons. The molecular weight excluding hydrogens is 244 g/mol. The monoisotopic (exact) mass is 258 g/mol. The molecule has 0 aliphatic carbocycles. The van der Waals surface area contributed by atoms with Crippen molar-refractivity contribution in [2.45, 2.75) is 19.9 Å². The van der Waals surface area contributed by atoms with Crippen molar-refractivity contribution in [2.24, 2.45) is 0 Å². The Morgan fingerprint density at radius 2 is 2.11 bits per heavy atom. The second kappa shape index (κ2) is 5.48. The van der Waals surface area contributed by atoms with Gasteiger partial charge in [0.2, 0.25) is 0 Å². The van der Waals surface area contributed by atoms with Gasteiger partial charge in [-0.05, 0) is 30.7 Å². The first-order valence-electron chi connectivity index (χ1n) is 6.03. The van der Waals surface area contributed by atoms with Crippen molar-refractivity contribution in [3.8, 4) is 11.4 Å². The summed E-state index contributed by atoms with van der Waals surface area (Å²) < 4.78 is 1.46. The summed E-state index contributed by atoms with van der Waals surface area (Å²) in [5.41, 5.74) is 0.591. The molecule has 0 atom stereocenters. The van der Waals surface area contributed by atoms with Gasteiger partial charge >= 0.3 is 5.97 Å². The Balaban J connectivity index is 2.66. The molecule has 2 heterocycles. The number of nitrogens with zero attached hydrogens (tertiary/aromatic N) is 2. The third-order valence-corrected chi connectivity index (χ3v) is 2.78. The molecule has 0 aliphatic heterocycles. The molecule has 0 unspecified atom stereocenters. The van der Waals surface area contributed by atoms with Crippen molar-refractivity contribution in [3.63, 3.8) is 0 Å².